The Balaban J connectivity index is 2.05. The number of halogens is 1. The van der Waals surface area contributed by atoms with Crippen LogP contribution in [0.25, 0.3) is 0 Å². The summed E-state index contributed by atoms with van der Waals surface area (Å²) in [4.78, 5) is 12.7. The fraction of sp³-hybridized carbons (Fsp3) is 0.381. The SMILES string of the molecule is CCC(C(=O)NCCOc1cc(C)cc(C)c1)N(c1cccc(Cl)c1)S(C)(=O)=O. The van der Waals surface area contributed by atoms with E-state index in [1.54, 1.807) is 25.1 Å². The molecule has 8 heteroatoms. The van der Waals surface area contributed by atoms with Crippen molar-refractivity contribution >= 4 is 33.2 Å². The standard InChI is InChI=1S/C21H27ClN2O4S/c1-5-20(24(29(4,26)27)18-8-6-7-17(22)14-18)21(25)23-9-10-28-19-12-15(2)11-16(3)13-19/h6-8,11-14,20H,5,9-10H2,1-4H3,(H,23,25). The van der Waals surface area contributed by atoms with Gasteiger partial charge in [0.25, 0.3) is 0 Å². The van der Waals surface area contributed by atoms with Crippen LogP contribution in [0.5, 0.6) is 5.75 Å². The molecule has 0 aliphatic heterocycles. The van der Waals surface area contributed by atoms with Gasteiger partial charge in [-0.25, -0.2) is 8.42 Å². The van der Waals surface area contributed by atoms with Gasteiger partial charge in [-0.3, -0.25) is 9.10 Å². The molecule has 0 bridgehead atoms. The summed E-state index contributed by atoms with van der Waals surface area (Å²) in [6.45, 7) is 6.28. The Bertz CT molecular complexity index is 943. The monoisotopic (exact) mass is 438 g/mol. The number of nitrogens with zero attached hydrogens (tertiary/aromatic N) is 1. The maximum atomic E-state index is 12.7. The van der Waals surface area contributed by atoms with E-state index >= 15 is 0 Å². The first-order valence-electron chi connectivity index (χ1n) is 9.35. The summed E-state index contributed by atoms with van der Waals surface area (Å²) in [7, 11) is -3.69. The predicted octanol–water partition coefficient (Wildman–Crippen LogP) is 3.70. The molecule has 0 heterocycles. The third-order valence-electron chi connectivity index (χ3n) is 4.26. The highest BCUT2D eigenvalue weighted by Crippen LogP contribution is 2.25. The molecule has 0 saturated heterocycles. The fourth-order valence-electron chi connectivity index (χ4n) is 3.15. The highest BCUT2D eigenvalue weighted by molar-refractivity contribution is 7.92. The summed E-state index contributed by atoms with van der Waals surface area (Å²) >= 11 is 6.01. The van der Waals surface area contributed by atoms with Crippen molar-refractivity contribution in [1.29, 1.82) is 0 Å². The average molecular weight is 439 g/mol. The zero-order valence-electron chi connectivity index (χ0n) is 17.1. The van der Waals surface area contributed by atoms with Gasteiger partial charge in [-0.15, -0.1) is 0 Å². The maximum absolute atomic E-state index is 12.7. The first-order valence-corrected chi connectivity index (χ1v) is 11.6. The highest BCUT2D eigenvalue weighted by Gasteiger charge is 2.31. The zero-order valence-corrected chi connectivity index (χ0v) is 18.7. The lowest BCUT2D eigenvalue weighted by Gasteiger charge is -2.30. The van der Waals surface area contributed by atoms with Crippen LogP contribution in [-0.4, -0.2) is 39.8 Å². The molecule has 0 radical (unpaired) electrons. The number of hydrogen-bond acceptors (Lipinski definition) is 4. The number of amides is 1. The smallest absolute Gasteiger partial charge is 0.244 e. The molecule has 2 rings (SSSR count). The Morgan fingerprint density at radius 2 is 1.83 bits per heavy atom. The van der Waals surface area contributed by atoms with Gasteiger partial charge in [-0.2, -0.15) is 0 Å². The molecule has 0 aliphatic carbocycles. The topological polar surface area (TPSA) is 75.7 Å². The molecule has 2 aromatic carbocycles. The van der Waals surface area contributed by atoms with Crippen LogP contribution in [0.3, 0.4) is 0 Å². The third kappa shape index (κ3) is 6.65. The van der Waals surface area contributed by atoms with E-state index in [1.807, 2.05) is 26.0 Å². The van der Waals surface area contributed by atoms with Gasteiger partial charge in [-0.05, 0) is 61.7 Å². The molecule has 1 atom stereocenters. The van der Waals surface area contributed by atoms with Crippen molar-refractivity contribution in [1.82, 2.24) is 5.32 Å². The molecule has 158 valence electrons. The lowest BCUT2D eigenvalue weighted by molar-refractivity contribution is -0.122. The summed E-state index contributed by atoms with van der Waals surface area (Å²) in [5.74, 6) is 0.349. The fourth-order valence-corrected chi connectivity index (χ4v) is 4.54. The molecular weight excluding hydrogens is 412 g/mol. The average Bonchev–Trinajstić information content (AvgIpc) is 2.61. The summed E-state index contributed by atoms with van der Waals surface area (Å²) in [6, 6.07) is 11.5. The van der Waals surface area contributed by atoms with E-state index in [0.29, 0.717) is 17.1 Å². The number of aryl methyl sites for hydroxylation is 2. The van der Waals surface area contributed by atoms with Crippen LogP contribution in [-0.2, 0) is 14.8 Å². The van der Waals surface area contributed by atoms with E-state index in [-0.39, 0.29) is 19.1 Å². The van der Waals surface area contributed by atoms with Gasteiger partial charge >= 0.3 is 0 Å². The second kappa shape index (κ2) is 9.98. The van der Waals surface area contributed by atoms with Crippen LogP contribution < -0.4 is 14.4 Å². The van der Waals surface area contributed by atoms with Crippen LogP contribution in [0.2, 0.25) is 5.02 Å². The van der Waals surface area contributed by atoms with E-state index in [0.717, 1.165) is 27.4 Å². The Kier molecular flexibility index (Phi) is 7.93. The third-order valence-corrected chi connectivity index (χ3v) is 5.67. The molecule has 0 aliphatic rings. The van der Waals surface area contributed by atoms with Crippen LogP contribution in [0.4, 0.5) is 5.69 Å². The lowest BCUT2D eigenvalue weighted by Crippen LogP contribution is -2.50. The van der Waals surface area contributed by atoms with E-state index in [2.05, 4.69) is 11.4 Å². The number of carbonyl (C=O) groups excluding carboxylic acids is 1. The van der Waals surface area contributed by atoms with Gasteiger partial charge in [0, 0.05) is 5.02 Å². The van der Waals surface area contributed by atoms with Gasteiger partial charge in [0.05, 0.1) is 18.5 Å². The van der Waals surface area contributed by atoms with Gasteiger partial charge < -0.3 is 10.1 Å². The number of rotatable bonds is 9. The molecule has 29 heavy (non-hydrogen) atoms. The number of benzene rings is 2. The van der Waals surface area contributed by atoms with Crippen molar-refractivity contribution in [2.24, 2.45) is 0 Å². The minimum Gasteiger partial charge on any atom is -0.492 e. The molecular formula is C21H27ClN2O4S. The Hall–Kier alpha value is -2.25. The quantitative estimate of drug-likeness (QED) is 0.606. The highest BCUT2D eigenvalue weighted by atomic mass is 35.5. The molecule has 0 aromatic heterocycles. The van der Waals surface area contributed by atoms with Crippen LogP contribution in [0.15, 0.2) is 42.5 Å². The Labute approximate surface area is 177 Å². The molecule has 6 nitrogen and oxygen atoms in total. The minimum absolute atomic E-state index is 0.259. The Morgan fingerprint density at radius 1 is 1.17 bits per heavy atom. The van der Waals surface area contributed by atoms with Gasteiger partial charge in [0.15, 0.2) is 0 Å². The number of carbonyl (C=O) groups is 1. The van der Waals surface area contributed by atoms with Crippen molar-refractivity contribution in [2.45, 2.75) is 33.2 Å². The molecule has 0 saturated carbocycles. The minimum atomic E-state index is -3.69. The molecule has 1 unspecified atom stereocenters. The second-order valence-corrected chi connectivity index (χ2v) is 9.22. The second-order valence-electron chi connectivity index (χ2n) is 6.93. The van der Waals surface area contributed by atoms with E-state index < -0.39 is 16.1 Å². The van der Waals surface area contributed by atoms with Crippen molar-refractivity contribution in [2.75, 3.05) is 23.7 Å². The van der Waals surface area contributed by atoms with Crippen molar-refractivity contribution in [3.05, 3.63) is 58.6 Å². The van der Waals surface area contributed by atoms with Crippen LogP contribution in [0, 0.1) is 13.8 Å². The summed E-state index contributed by atoms with van der Waals surface area (Å²) in [5, 5.41) is 3.16. The van der Waals surface area contributed by atoms with E-state index in [9.17, 15) is 13.2 Å². The molecule has 0 spiro atoms. The number of nitrogens with one attached hydrogen (secondary N) is 1. The van der Waals surface area contributed by atoms with Gasteiger partial charge in [0.1, 0.15) is 18.4 Å². The summed E-state index contributed by atoms with van der Waals surface area (Å²) in [5.41, 5.74) is 2.55. The number of ether oxygens (including phenoxy) is 1. The van der Waals surface area contributed by atoms with Crippen molar-refractivity contribution < 1.29 is 17.9 Å². The van der Waals surface area contributed by atoms with Gasteiger partial charge in [0.2, 0.25) is 15.9 Å². The largest absolute Gasteiger partial charge is 0.492 e. The normalized spacial score (nSPS) is 12.3. The van der Waals surface area contributed by atoms with Crippen molar-refractivity contribution in [3.63, 3.8) is 0 Å². The van der Waals surface area contributed by atoms with Crippen LogP contribution in [0.1, 0.15) is 24.5 Å². The van der Waals surface area contributed by atoms with E-state index in [4.69, 9.17) is 16.3 Å². The predicted molar refractivity (Wildman–Crippen MR) is 117 cm³/mol. The Morgan fingerprint density at radius 3 is 2.38 bits per heavy atom. The first kappa shape index (κ1) is 23.0. The van der Waals surface area contributed by atoms with Crippen molar-refractivity contribution in [3.8, 4) is 5.75 Å². The zero-order chi connectivity index (χ0) is 21.6. The summed E-state index contributed by atoms with van der Waals surface area (Å²) < 4.78 is 31.6. The molecule has 1 amide bonds. The lowest BCUT2D eigenvalue weighted by atomic mass is 10.1. The van der Waals surface area contributed by atoms with E-state index in [1.165, 1.54) is 6.07 Å². The molecule has 1 N–H and O–H groups in total. The number of sulfonamides is 1. The summed E-state index contributed by atoms with van der Waals surface area (Å²) in [6.07, 6.45) is 1.39. The molecule has 2 aromatic rings. The first-order chi connectivity index (χ1) is 13.6. The van der Waals surface area contributed by atoms with Crippen LogP contribution >= 0.6 is 11.6 Å². The number of anilines is 1. The molecule has 0 fully saturated rings. The van der Waals surface area contributed by atoms with Gasteiger partial charge in [-0.1, -0.05) is 30.7 Å². The number of hydrogen-bond donors (Lipinski definition) is 1. The maximum Gasteiger partial charge on any atom is 0.244 e.